The van der Waals surface area contributed by atoms with Crippen LogP contribution in [0.25, 0.3) is 0 Å². The Hall–Kier alpha value is -2.12. The van der Waals surface area contributed by atoms with Gasteiger partial charge in [-0.25, -0.2) is 15.0 Å². The number of pyridine rings is 1. The van der Waals surface area contributed by atoms with Gasteiger partial charge in [0.25, 0.3) is 0 Å². The van der Waals surface area contributed by atoms with Crippen LogP contribution in [-0.2, 0) is 4.74 Å². The first-order chi connectivity index (χ1) is 13.3. The fourth-order valence-electron chi connectivity index (χ4n) is 3.34. The maximum atomic E-state index is 6.00. The van der Waals surface area contributed by atoms with Crippen molar-refractivity contribution in [3.05, 3.63) is 35.7 Å². The summed E-state index contributed by atoms with van der Waals surface area (Å²) in [5, 5.41) is 0.611. The molecule has 2 aliphatic heterocycles. The minimum atomic E-state index is 0.148. The van der Waals surface area contributed by atoms with Crippen molar-refractivity contribution in [3.63, 3.8) is 0 Å². The molecule has 0 saturated carbocycles. The molecule has 0 amide bonds. The Morgan fingerprint density at radius 1 is 0.926 bits per heavy atom. The summed E-state index contributed by atoms with van der Waals surface area (Å²) in [6, 6.07) is 5.52. The summed E-state index contributed by atoms with van der Waals surface area (Å²) in [7, 11) is 0. The lowest BCUT2D eigenvalue weighted by Gasteiger charge is -2.32. The highest BCUT2D eigenvalue weighted by Crippen LogP contribution is 2.24. The van der Waals surface area contributed by atoms with Gasteiger partial charge in [-0.2, -0.15) is 0 Å². The van der Waals surface area contributed by atoms with Gasteiger partial charge in [0, 0.05) is 57.1 Å². The molecule has 2 aliphatic rings. The molecular formula is C19H23ClN4O3. The molecule has 2 saturated heterocycles. The molecule has 0 atom stereocenters. The Morgan fingerprint density at radius 2 is 1.67 bits per heavy atom. The van der Waals surface area contributed by atoms with E-state index in [0.29, 0.717) is 16.8 Å². The topological polar surface area (TPSA) is 69.6 Å². The number of aromatic nitrogens is 3. The highest BCUT2D eigenvalue weighted by atomic mass is 35.5. The first kappa shape index (κ1) is 18.3. The molecule has 0 aromatic carbocycles. The van der Waals surface area contributed by atoms with E-state index in [1.807, 2.05) is 6.07 Å². The van der Waals surface area contributed by atoms with Crippen LogP contribution in [-0.4, -0.2) is 53.5 Å². The van der Waals surface area contributed by atoms with E-state index in [9.17, 15) is 0 Å². The molecule has 4 rings (SSSR count). The summed E-state index contributed by atoms with van der Waals surface area (Å²) < 4.78 is 17.3. The predicted molar refractivity (Wildman–Crippen MR) is 102 cm³/mol. The quantitative estimate of drug-likeness (QED) is 0.776. The largest absolute Gasteiger partial charge is 0.474 e. The number of rotatable bonds is 5. The second kappa shape index (κ2) is 8.71. The third-order valence-corrected chi connectivity index (χ3v) is 5.06. The molecule has 0 aliphatic carbocycles. The standard InChI is InChI=1S/C19H23ClN4O3/c20-14-1-2-18(21-12-14)26-15-3-7-24(8-4-15)17-11-19(23-13-22-17)27-16-5-9-25-10-6-16/h1-2,11-13,15-16H,3-10H2. The molecule has 0 unspecified atom stereocenters. The average Bonchev–Trinajstić information content (AvgIpc) is 2.71. The average molecular weight is 391 g/mol. The smallest absolute Gasteiger partial charge is 0.218 e. The predicted octanol–water partition coefficient (Wildman–Crippen LogP) is 3.13. The lowest BCUT2D eigenvalue weighted by molar-refractivity contribution is 0.0237. The van der Waals surface area contributed by atoms with Crippen LogP contribution in [0.2, 0.25) is 5.02 Å². The first-order valence-corrected chi connectivity index (χ1v) is 9.74. The van der Waals surface area contributed by atoms with Crippen LogP contribution in [0.15, 0.2) is 30.7 Å². The minimum absolute atomic E-state index is 0.148. The van der Waals surface area contributed by atoms with Gasteiger partial charge < -0.3 is 19.1 Å². The summed E-state index contributed by atoms with van der Waals surface area (Å²) in [6.07, 6.45) is 7.12. The summed E-state index contributed by atoms with van der Waals surface area (Å²) in [4.78, 5) is 15.1. The molecule has 4 heterocycles. The van der Waals surface area contributed by atoms with Gasteiger partial charge in [0.05, 0.1) is 18.2 Å². The van der Waals surface area contributed by atoms with Crippen molar-refractivity contribution in [2.24, 2.45) is 0 Å². The number of anilines is 1. The lowest BCUT2D eigenvalue weighted by atomic mass is 10.1. The number of halogens is 1. The fraction of sp³-hybridized carbons (Fsp3) is 0.526. The third kappa shape index (κ3) is 4.99. The Bertz CT molecular complexity index is 732. The molecule has 2 fully saturated rings. The summed E-state index contributed by atoms with van der Waals surface area (Å²) >= 11 is 5.86. The number of piperidine rings is 1. The van der Waals surface area contributed by atoms with E-state index in [4.69, 9.17) is 25.8 Å². The maximum absolute atomic E-state index is 6.00. The van der Waals surface area contributed by atoms with Gasteiger partial charge in [-0.1, -0.05) is 11.6 Å². The van der Waals surface area contributed by atoms with Crippen LogP contribution >= 0.6 is 11.6 Å². The Kier molecular flexibility index (Phi) is 5.89. The zero-order valence-electron chi connectivity index (χ0n) is 15.1. The van der Waals surface area contributed by atoms with Crippen LogP contribution in [0.1, 0.15) is 25.7 Å². The van der Waals surface area contributed by atoms with Crippen molar-refractivity contribution in [3.8, 4) is 11.8 Å². The SMILES string of the molecule is Clc1ccc(OC2CCN(c3cc(OC4CCOCC4)ncn3)CC2)nc1. The molecule has 144 valence electrons. The fourth-order valence-corrected chi connectivity index (χ4v) is 3.45. The zero-order chi connectivity index (χ0) is 18.5. The van der Waals surface area contributed by atoms with E-state index in [0.717, 1.165) is 57.8 Å². The Labute approximate surface area is 163 Å². The molecule has 0 bridgehead atoms. The summed E-state index contributed by atoms with van der Waals surface area (Å²) in [6.45, 7) is 3.23. The summed E-state index contributed by atoms with van der Waals surface area (Å²) in [5.74, 6) is 2.15. The monoisotopic (exact) mass is 390 g/mol. The van der Waals surface area contributed by atoms with Gasteiger partial charge in [-0.3, -0.25) is 0 Å². The van der Waals surface area contributed by atoms with Gasteiger partial charge in [-0.15, -0.1) is 0 Å². The molecule has 7 nitrogen and oxygen atoms in total. The van der Waals surface area contributed by atoms with Crippen molar-refractivity contribution in [1.82, 2.24) is 15.0 Å². The Morgan fingerprint density at radius 3 is 2.41 bits per heavy atom. The minimum Gasteiger partial charge on any atom is -0.474 e. The van der Waals surface area contributed by atoms with Crippen LogP contribution in [0.3, 0.4) is 0 Å². The molecule has 0 radical (unpaired) electrons. The van der Waals surface area contributed by atoms with Gasteiger partial charge in [0.15, 0.2) is 0 Å². The molecule has 0 N–H and O–H groups in total. The summed E-state index contributed by atoms with van der Waals surface area (Å²) in [5.41, 5.74) is 0. The highest BCUT2D eigenvalue weighted by molar-refractivity contribution is 6.30. The molecule has 27 heavy (non-hydrogen) atoms. The maximum Gasteiger partial charge on any atom is 0.218 e. The number of nitrogens with zero attached hydrogens (tertiary/aromatic N) is 4. The van der Waals surface area contributed by atoms with Crippen LogP contribution in [0.5, 0.6) is 11.8 Å². The van der Waals surface area contributed by atoms with E-state index < -0.39 is 0 Å². The van der Waals surface area contributed by atoms with Gasteiger partial charge >= 0.3 is 0 Å². The van der Waals surface area contributed by atoms with E-state index in [1.165, 1.54) is 0 Å². The number of hydrogen-bond acceptors (Lipinski definition) is 7. The Balaban J connectivity index is 1.31. The van der Waals surface area contributed by atoms with Crippen molar-refractivity contribution in [2.45, 2.75) is 37.9 Å². The van der Waals surface area contributed by atoms with Crippen LogP contribution in [0.4, 0.5) is 5.82 Å². The highest BCUT2D eigenvalue weighted by Gasteiger charge is 2.23. The zero-order valence-corrected chi connectivity index (χ0v) is 15.8. The van der Waals surface area contributed by atoms with E-state index in [1.54, 1.807) is 24.7 Å². The molecular weight excluding hydrogens is 368 g/mol. The molecule has 0 spiro atoms. The van der Waals surface area contributed by atoms with E-state index in [-0.39, 0.29) is 12.2 Å². The van der Waals surface area contributed by atoms with Gasteiger partial charge in [-0.05, 0) is 6.07 Å². The second-order valence-electron chi connectivity index (χ2n) is 6.76. The van der Waals surface area contributed by atoms with Gasteiger partial charge in [0.1, 0.15) is 24.4 Å². The number of hydrogen-bond donors (Lipinski definition) is 0. The van der Waals surface area contributed by atoms with Gasteiger partial charge in [0.2, 0.25) is 11.8 Å². The van der Waals surface area contributed by atoms with E-state index >= 15 is 0 Å². The molecule has 8 heteroatoms. The first-order valence-electron chi connectivity index (χ1n) is 9.36. The van der Waals surface area contributed by atoms with Crippen molar-refractivity contribution >= 4 is 17.4 Å². The molecule has 2 aromatic heterocycles. The normalized spacial score (nSPS) is 19.1. The van der Waals surface area contributed by atoms with Crippen LogP contribution in [0, 0.1) is 0 Å². The number of ether oxygens (including phenoxy) is 3. The second-order valence-corrected chi connectivity index (χ2v) is 7.20. The van der Waals surface area contributed by atoms with Crippen molar-refractivity contribution in [1.29, 1.82) is 0 Å². The van der Waals surface area contributed by atoms with Crippen molar-refractivity contribution < 1.29 is 14.2 Å². The lowest BCUT2D eigenvalue weighted by Crippen LogP contribution is -2.38. The van der Waals surface area contributed by atoms with Crippen LogP contribution < -0.4 is 14.4 Å². The van der Waals surface area contributed by atoms with Crippen molar-refractivity contribution in [2.75, 3.05) is 31.2 Å². The molecule has 2 aromatic rings. The van der Waals surface area contributed by atoms with E-state index in [2.05, 4.69) is 19.9 Å². The third-order valence-electron chi connectivity index (χ3n) is 4.84.